The van der Waals surface area contributed by atoms with E-state index in [0.717, 1.165) is 17.7 Å². The molecule has 2 aromatic rings. The maximum Gasteiger partial charge on any atom is 0.129 e. The summed E-state index contributed by atoms with van der Waals surface area (Å²) in [5.74, 6) is 0.946. The van der Waals surface area contributed by atoms with Gasteiger partial charge in [0.2, 0.25) is 0 Å². The summed E-state index contributed by atoms with van der Waals surface area (Å²) in [6.45, 7) is 5.03. The fourth-order valence-corrected chi connectivity index (χ4v) is 2.79. The van der Waals surface area contributed by atoms with Crippen molar-refractivity contribution < 1.29 is 4.74 Å². The van der Waals surface area contributed by atoms with Crippen LogP contribution in [0.5, 0.6) is 5.75 Å². The van der Waals surface area contributed by atoms with Crippen LogP contribution in [0.3, 0.4) is 0 Å². The molecule has 3 rings (SSSR count). The monoisotopic (exact) mass is 268 g/mol. The van der Waals surface area contributed by atoms with Gasteiger partial charge in [-0.3, -0.25) is 0 Å². The number of hydrogen-bond acceptors (Lipinski definition) is 2. The molecular weight excluding hydrogens is 248 g/mol. The van der Waals surface area contributed by atoms with E-state index in [9.17, 15) is 0 Å². The van der Waals surface area contributed by atoms with Gasteiger partial charge in [0.1, 0.15) is 5.75 Å². The van der Waals surface area contributed by atoms with Crippen LogP contribution in [0.1, 0.15) is 33.1 Å². The number of benzene rings is 1. The second-order valence-corrected chi connectivity index (χ2v) is 6.13. The van der Waals surface area contributed by atoms with Crippen molar-refractivity contribution in [2.75, 3.05) is 0 Å². The van der Waals surface area contributed by atoms with Gasteiger partial charge < -0.3 is 9.30 Å². The maximum absolute atomic E-state index is 8.95. The molecule has 0 amide bonds. The summed E-state index contributed by atoms with van der Waals surface area (Å²) >= 11 is 0. The lowest BCUT2D eigenvalue weighted by Gasteiger charge is -2.14. The molecule has 0 radical (unpaired) electrons. The van der Waals surface area contributed by atoms with E-state index in [1.807, 2.05) is 26.0 Å². The Hall–Kier alpha value is -1.95. The molecule has 3 heteroatoms. The summed E-state index contributed by atoms with van der Waals surface area (Å²) in [6.07, 6.45) is 5.30. The smallest absolute Gasteiger partial charge is 0.129 e. The number of hydrogen-bond donors (Lipinski definition) is 0. The molecule has 104 valence electrons. The molecule has 0 bridgehead atoms. The molecule has 0 saturated heterocycles. The zero-order valence-corrected chi connectivity index (χ0v) is 12.1. The third kappa shape index (κ3) is 2.38. The van der Waals surface area contributed by atoms with Crippen LogP contribution in [-0.4, -0.2) is 10.7 Å². The second-order valence-electron chi connectivity index (χ2n) is 6.13. The van der Waals surface area contributed by atoms with Crippen molar-refractivity contribution in [3.63, 3.8) is 0 Å². The molecule has 0 atom stereocenters. The molecule has 3 nitrogen and oxygen atoms in total. The summed E-state index contributed by atoms with van der Waals surface area (Å²) in [6, 6.07) is 10.6. The van der Waals surface area contributed by atoms with Crippen LogP contribution in [0, 0.1) is 16.7 Å². The highest BCUT2D eigenvalue weighted by molar-refractivity contribution is 5.86. The van der Waals surface area contributed by atoms with Crippen molar-refractivity contribution in [3.8, 4) is 11.8 Å². The Morgan fingerprint density at radius 3 is 2.80 bits per heavy atom. The van der Waals surface area contributed by atoms with Gasteiger partial charge in [0, 0.05) is 30.0 Å². The van der Waals surface area contributed by atoms with Crippen LogP contribution in [0.4, 0.5) is 0 Å². The van der Waals surface area contributed by atoms with Crippen molar-refractivity contribution in [2.45, 2.75) is 45.8 Å². The fraction of sp³-hybridized carbons (Fsp3) is 0.471. The Balaban J connectivity index is 1.92. The molecule has 20 heavy (non-hydrogen) atoms. The lowest BCUT2D eigenvalue weighted by atomic mass is 10.0. The Morgan fingerprint density at radius 2 is 2.15 bits per heavy atom. The molecule has 1 heterocycles. The average Bonchev–Trinajstić information content (AvgIpc) is 3.02. The van der Waals surface area contributed by atoms with Gasteiger partial charge in [0.05, 0.1) is 17.7 Å². The molecule has 1 aliphatic rings. The van der Waals surface area contributed by atoms with E-state index in [1.54, 1.807) is 0 Å². The number of fused-ring (bicyclic) bond motifs is 1. The fourth-order valence-electron chi connectivity index (χ4n) is 2.79. The quantitative estimate of drug-likeness (QED) is 0.818. The standard InChI is InChI=1S/C17H20N2O/c1-13(2)20-16-5-3-4-15-14(16)6-11-19(15)12-17(7-8-17)9-10-18/h3-6,11,13H,7-9,12H2,1-2H3. The highest BCUT2D eigenvalue weighted by Crippen LogP contribution is 2.50. The Labute approximate surface area is 119 Å². The van der Waals surface area contributed by atoms with Gasteiger partial charge >= 0.3 is 0 Å². The number of aromatic nitrogens is 1. The Morgan fingerprint density at radius 1 is 1.35 bits per heavy atom. The number of nitrogens with zero attached hydrogens (tertiary/aromatic N) is 2. The van der Waals surface area contributed by atoms with Crippen LogP contribution >= 0.6 is 0 Å². The summed E-state index contributed by atoms with van der Waals surface area (Å²) in [5, 5.41) is 10.1. The molecule has 1 aliphatic carbocycles. The molecule has 0 unspecified atom stereocenters. The van der Waals surface area contributed by atoms with Gasteiger partial charge in [-0.15, -0.1) is 0 Å². The van der Waals surface area contributed by atoms with Crippen molar-refractivity contribution >= 4 is 10.9 Å². The van der Waals surface area contributed by atoms with Crippen LogP contribution in [0.2, 0.25) is 0 Å². The Kier molecular flexibility index (Phi) is 3.17. The highest BCUT2D eigenvalue weighted by Gasteiger charge is 2.42. The first-order valence-corrected chi connectivity index (χ1v) is 7.25. The van der Waals surface area contributed by atoms with E-state index in [0.29, 0.717) is 6.42 Å². The first-order valence-electron chi connectivity index (χ1n) is 7.25. The van der Waals surface area contributed by atoms with E-state index < -0.39 is 0 Å². The van der Waals surface area contributed by atoms with Gasteiger partial charge in [0.15, 0.2) is 0 Å². The van der Waals surface area contributed by atoms with E-state index >= 15 is 0 Å². The predicted molar refractivity (Wildman–Crippen MR) is 79.6 cm³/mol. The van der Waals surface area contributed by atoms with E-state index in [4.69, 9.17) is 10.00 Å². The maximum atomic E-state index is 8.95. The topological polar surface area (TPSA) is 38.0 Å². The summed E-state index contributed by atoms with van der Waals surface area (Å²) in [5.41, 5.74) is 1.42. The minimum atomic E-state index is 0.178. The van der Waals surface area contributed by atoms with E-state index in [2.05, 4.69) is 29.0 Å². The largest absolute Gasteiger partial charge is 0.490 e. The average molecular weight is 268 g/mol. The minimum Gasteiger partial charge on any atom is -0.490 e. The van der Waals surface area contributed by atoms with E-state index in [1.165, 1.54) is 18.4 Å². The molecule has 1 fully saturated rings. The number of ether oxygens (including phenoxy) is 1. The van der Waals surface area contributed by atoms with Crippen molar-refractivity contribution in [3.05, 3.63) is 30.5 Å². The second kappa shape index (κ2) is 4.86. The Bertz CT molecular complexity index is 659. The van der Waals surface area contributed by atoms with E-state index in [-0.39, 0.29) is 11.5 Å². The molecule has 1 aromatic carbocycles. The van der Waals surface area contributed by atoms with Crippen LogP contribution in [-0.2, 0) is 6.54 Å². The van der Waals surface area contributed by atoms with Gasteiger partial charge in [-0.05, 0) is 44.9 Å². The van der Waals surface area contributed by atoms with Crippen LogP contribution in [0.25, 0.3) is 10.9 Å². The minimum absolute atomic E-state index is 0.178. The molecule has 0 spiro atoms. The summed E-state index contributed by atoms with van der Waals surface area (Å²) in [7, 11) is 0. The normalized spacial score (nSPS) is 16.3. The summed E-state index contributed by atoms with van der Waals surface area (Å²) < 4.78 is 8.14. The molecule has 1 saturated carbocycles. The molecule has 0 aliphatic heterocycles. The highest BCUT2D eigenvalue weighted by atomic mass is 16.5. The third-order valence-corrected chi connectivity index (χ3v) is 4.05. The zero-order valence-electron chi connectivity index (χ0n) is 12.1. The van der Waals surface area contributed by atoms with Crippen LogP contribution in [0.15, 0.2) is 30.5 Å². The first-order chi connectivity index (χ1) is 9.63. The molecule has 1 aromatic heterocycles. The SMILES string of the molecule is CC(C)Oc1cccc2c1ccn2CC1(CC#N)CC1. The van der Waals surface area contributed by atoms with Crippen molar-refractivity contribution in [1.29, 1.82) is 5.26 Å². The van der Waals surface area contributed by atoms with Gasteiger partial charge in [-0.2, -0.15) is 5.26 Å². The van der Waals surface area contributed by atoms with Crippen molar-refractivity contribution in [2.24, 2.45) is 5.41 Å². The van der Waals surface area contributed by atoms with Crippen molar-refractivity contribution in [1.82, 2.24) is 4.57 Å². The number of nitriles is 1. The third-order valence-electron chi connectivity index (χ3n) is 4.05. The zero-order chi connectivity index (χ0) is 14.2. The predicted octanol–water partition coefficient (Wildman–Crippen LogP) is 4.12. The lowest BCUT2D eigenvalue weighted by Crippen LogP contribution is -2.10. The molecule has 0 N–H and O–H groups in total. The summed E-state index contributed by atoms with van der Waals surface area (Å²) in [4.78, 5) is 0. The van der Waals surface area contributed by atoms with Crippen LogP contribution < -0.4 is 4.74 Å². The van der Waals surface area contributed by atoms with Gasteiger partial charge in [-0.25, -0.2) is 0 Å². The first kappa shape index (κ1) is 13.1. The molecular formula is C17H20N2O. The lowest BCUT2D eigenvalue weighted by molar-refractivity contribution is 0.245. The number of rotatable bonds is 5. The van der Waals surface area contributed by atoms with Gasteiger partial charge in [0.25, 0.3) is 0 Å². The van der Waals surface area contributed by atoms with Gasteiger partial charge in [-0.1, -0.05) is 6.07 Å².